The summed E-state index contributed by atoms with van der Waals surface area (Å²) < 4.78 is 16.2. The van der Waals surface area contributed by atoms with E-state index in [1.165, 1.54) is 0 Å². The fraction of sp³-hybridized carbons (Fsp3) is 0.458. The molecule has 0 saturated heterocycles. The van der Waals surface area contributed by atoms with Gasteiger partial charge in [0.15, 0.2) is 11.5 Å². The molecule has 158 valence electrons. The first-order chi connectivity index (χ1) is 13.4. The van der Waals surface area contributed by atoms with E-state index < -0.39 is 0 Å². The molecule has 0 aromatic heterocycles. The van der Waals surface area contributed by atoms with Crippen molar-refractivity contribution in [3.8, 4) is 23.0 Å². The summed E-state index contributed by atoms with van der Waals surface area (Å²) in [7, 11) is 4.72. The summed E-state index contributed by atoms with van der Waals surface area (Å²) in [6, 6.07) is 7.66. The molecule has 0 aliphatic heterocycles. The molecule has 0 radical (unpaired) electrons. The largest absolute Gasteiger partial charge is 0.505 e. The quantitative estimate of drug-likeness (QED) is 0.649. The Bertz CT molecular complexity index is 877. The number of ether oxygens (including phenoxy) is 3. The van der Waals surface area contributed by atoms with Gasteiger partial charge in [0.2, 0.25) is 5.75 Å². The van der Waals surface area contributed by atoms with Gasteiger partial charge in [-0.2, -0.15) is 0 Å². The van der Waals surface area contributed by atoms with Crippen LogP contribution in [-0.2, 0) is 10.8 Å². The van der Waals surface area contributed by atoms with Crippen LogP contribution in [-0.4, -0.2) is 32.7 Å². The van der Waals surface area contributed by atoms with Gasteiger partial charge in [0, 0.05) is 17.3 Å². The van der Waals surface area contributed by atoms with Gasteiger partial charge in [-0.05, 0) is 34.6 Å². The average Bonchev–Trinajstić information content (AvgIpc) is 2.64. The van der Waals surface area contributed by atoms with E-state index >= 15 is 0 Å². The smallest absolute Gasteiger partial charge is 0.203 e. The van der Waals surface area contributed by atoms with E-state index in [-0.39, 0.29) is 16.6 Å². The predicted octanol–water partition coefficient (Wildman–Crippen LogP) is 5.76. The Balaban J connectivity index is 2.60. The van der Waals surface area contributed by atoms with E-state index in [0.717, 1.165) is 16.7 Å². The lowest BCUT2D eigenvalue weighted by atomic mass is 9.80. The van der Waals surface area contributed by atoms with Gasteiger partial charge in [-0.25, -0.2) is 0 Å². The molecule has 0 spiro atoms. The van der Waals surface area contributed by atoms with Crippen LogP contribution in [0.5, 0.6) is 23.0 Å². The summed E-state index contributed by atoms with van der Waals surface area (Å²) in [5.74, 6) is 1.83. The number of hydrogen-bond donors (Lipinski definition) is 1. The minimum absolute atomic E-state index is 0.0650. The molecule has 0 amide bonds. The van der Waals surface area contributed by atoms with Crippen molar-refractivity contribution in [2.24, 2.45) is 4.99 Å². The number of aliphatic imine (C=N–C) groups is 1. The predicted molar refractivity (Wildman–Crippen MR) is 119 cm³/mol. The van der Waals surface area contributed by atoms with E-state index in [0.29, 0.717) is 22.9 Å². The summed E-state index contributed by atoms with van der Waals surface area (Å²) in [5, 5.41) is 10.9. The van der Waals surface area contributed by atoms with Gasteiger partial charge in [-0.3, -0.25) is 4.99 Å². The van der Waals surface area contributed by atoms with Gasteiger partial charge in [-0.1, -0.05) is 47.6 Å². The highest BCUT2D eigenvalue weighted by atomic mass is 16.5. The third-order valence-corrected chi connectivity index (χ3v) is 4.80. The van der Waals surface area contributed by atoms with Crippen molar-refractivity contribution in [2.45, 2.75) is 52.4 Å². The van der Waals surface area contributed by atoms with E-state index in [2.05, 4.69) is 52.6 Å². The molecule has 0 aliphatic carbocycles. The van der Waals surface area contributed by atoms with Crippen molar-refractivity contribution in [3.63, 3.8) is 0 Å². The summed E-state index contributed by atoms with van der Waals surface area (Å²) in [6.07, 6.45) is 1.69. The molecular formula is C24H33NO4. The topological polar surface area (TPSA) is 60.3 Å². The Labute approximate surface area is 174 Å². The minimum Gasteiger partial charge on any atom is -0.505 e. The number of methoxy groups -OCH3 is 3. The monoisotopic (exact) mass is 399 g/mol. The molecule has 0 unspecified atom stereocenters. The van der Waals surface area contributed by atoms with Crippen LogP contribution in [0.2, 0.25) is 0 Å². The maximum Gasteiger partial charge on any atom is 0.203 e. The van der Waals surface area contributed by atoms with Crippen LogP contribution in [0, 0.1) is 0 Å². The molecule has 0 bridgehead atoms. The third kappa shape index (κ3) is 5.03. The zero-order chi connectivity index (χ0) is 22.0. The van der Waals surface area contributed by atoms with Gasteiger partial charge in [0.1, 0.15) is 11.4 Å². The van der Waals surface area contributed by atoms with E-state index in [9.17, 15) is 5.11 Å². The van der Waals surface area contributed by atoms with Crippen molar-refractivity contribution in [1.29, 1.82) is 0 Å². The van der Waals surface area contributed by atoms with Crippen molar-refractivity contribution in [2.75, 3.05) is 21.3 Å². The second-order valence-electron chi connectivity index (χ2n) is 9.11. The fourth-order valence-electron chi connectivity index (χ4n) is 3.04. The molecule has 1 N–H and O–H groups in total. The first-order valence-electron chi connectivity index (χ1n) is 9.64. The highest BCUT2D eigenvalue weighted by Gasteiger charge is 2.24. The summed E-state index contributed by atoms with van der Waals surface area (Å²) >= 11 is 0. The van der Waals surface area contributed by atoms with Crippen LogP contribution in [0.4, 0.5) is 5.69 Å². The Morgan fingerprint density at radius 1 is 0.793 bits per heavy atom. The van der Waals surface area contributed by atoms with Gasteiger partial charge >= 0.3 is 0 Å². The Morgan fingerprint density at radius 3 is 1.76 bits per heavy atom. The van der Waals surface area contributed by atoms with Crippen molar-refractivity contribution in [3.05, 3.63) is 41.0 Å². The van der Waals surface area contributed by atoms with Gasteiger partial charge in [0.25, 0.3) is 0 Å². The maximum atomic E-state index is 10.9. The highest BCUT2D eigenvalue weighted by Crippen LogP contribution is 2.42. The van der Waals surface area contributed by atoms with Crippen LogP contribution in [0.15, 0.2) is 29.3 Å². The highest BCUT2D eigenvalue weighted by molar-refractivity contribution is 5.85. The summed E-state index contributed by atoms with van der Waals surface area (Å²) in [6.45, 7) is 12.7. The van der Waals surface area contributed by atoms with Crippen LogP contribution < -0.4 is 14.2 Å². The lowest BCUT2D eigenvalue weighted by Gasteiger charge is -2.26. The van der Waals surface area contributed by atoms with Crippen LogP contribution in [0.3, 0.4) is 0 Å². The average molecular weight is 400 g/mol. The van der Waals surface area contributed by atoms with E-state index in [1.54, 1.807) is 27.5 Å². The molecule has 0 aliphatic rings. The van der Waals surface area contributed by atoms with Crippen molar-refractivity contribution in [1.82, 2.24) is 0 Å². The molecule has 2 aromatic rings. The Morgan fingerprint density at radius 2 is 1.34 bits per heavy atom. The number of aromatic hydroxyl groups is 1. The number of phenols is 1. The molecule has 5 heteroatoms. The Hall–Kier alpha value is -2.69. The summed E-state index contributed by atoms with van der Waals surface area (Å²) in [4.78, 5) is 4.60. The SMILES string of the molecule is COc1cc(/C=N\c2cc(C(C)(C)C)cc(C(C)(C)C)c2O)cc(OC)c1OC. The first kappa shape index (κ1) is 22.6. The van der Waals surface area contributed by atoms with Gasteiger partial charge < -0.3 is 19.3 Å². The molecule has 2 aromatic carbocycles. The van der Waals surface area contributed by atoms with Gasteiger partial charge in [0.05, 0.1) is 21.3 Å². The summed E-state index contributed by atoms with van der Waals surface area (Å²) in [5.41, 5.74) is 3.04. The molecule has 0 heterocycles. The fourth-order valence-corrected chi connectivity index (χ4v) is 3.04. The molecule has 5 nitrogen and oxygen atoms in total. The zero-order valence-corrected chi connectivity index (χ0v) is 19.0. The van der Waals surface area contributed by atoms with Gasteiger partial charge in [-0.15, -0.1) is 0 Å². The molecule has 0 fully saturated rings. The second kappa shape index (κ2) is 8.36. The van der Waals surface area contributed by atoms with Crippen LogP contribution >= 0.6 is 0 Å². The van der Waals surface area contributed by atoms with Crippen molar-refractivity contribution >= 4 is 11.9 Å². The minimum atomic E-state index is -0.206. The molecule has 0 saturated carbocycles. The zero-order valence-electron chi connectivity index (χ0n) is 19.0. The lowest BCUT2D eigenvalue weighted by Crippen LogP contribution is -2.16. The van der Waals surface area contributed by atoms with Crippen LogP contribution in [0.1, 0.15) is 58.2 Å². The number of rotatable bonds is 5. The standard InChI is InChI=1S/C24H33NO4/c1-23(2,3)16-12-17(24(4,5)6)21(26)18(13-16)25-14-15-10-19(27-7)22(29-9)20(11-15)28-8/h10-14,26H,1-9H3/b25-14-. The molecule has 0 atom stereocenters. The molecule has 29 heavy (non-hydrogen) atoms. The number of benzene rings is 2. The number of phenolic OH excluding ortho intramolecular Hbond substituents is 1. The number of hydrogen-bond acceptors (Lipinski definition) is 5. The van der Waals surface area contributed by atoms with E-state index in [4.69, 9.17) is 14.2 Å². The van der Waals surface area contributed by atoms with E-state index in [1.807, 2.05) is 18.2 Å². The second-order valence-corrected chi connectivity index (χ2v) is 9.11. The van der Waals surface area contributed by atoms with Crippen molar-refractivity contribution < 1.29 is 19.3 Å². The first-order valence-corrected chi connectivity index (χ1v) is 9.64. The van der Waals surface area contributed by atoms with Crippen LogP contribution in [0.25, 0.3) is 0 Å². The lowest BCUT2D eigenvalue weighted by molar-refractivity contribution is 0.324. The third-order valence-electron chi connectivity index (χ3n) is 4.80. The normalized spacial score (nSPS) is 12.3. The maximum absolute atomic E-state index is 10.9. The Kier molecular flexibility index (Phi) is 6.51. The number of nitrogens with zero attached hydrogens (tertiary/aromatic N) is 1. The molecule has 2 rings (SSSR count). The molecular weight excluding hydrogens is 366 g/mol.